The molecule has 0 aliphatic carbocycles. The number of rotatable bonds is 4. The van der Waals surface area contributed by atoms with Gasteiger partial charge in [0, 0.05) is 5.69 Å². The molecule has 16 heavy (non-hydrogen) atoms. The quantitative estimate of drug-likeness (QED) is 0.441. The lowest BCUT2D eigenvalue weighted by atomic mass is 10.1. The molecule has 0 bridgehead atoms. The van der Waals surface area contributed by atoms with Gasteiger partial charge in [0.05, 0.1) is 6.26 Å². The highest BCUT2D eigenvalue weighted by molar-refractivity contribution is 7.92. The second kappa shape index (κ2) is 4.50. The van der Waals surface area contributed by atoms with Gasteiger partial charge in [-0.3, -0.25) is 10.1 Å². The Balaban J connectivity index is 3.00. The first-order valence-corrected chi connectivity index (χ1v) is 6.28. The molecule has 1 aromatic carbocycles. The summed E-state index contributed by atoms with van der Waals surface area (Å²) < 4.78 is 24.2. The minimum Gasteiger partial charge on any atom is -0.385 e. The molecule has 7 heteroatoms. The van der Waals surface area contributed by atoms with Crippen LogP contribution in [0.15, 0.2) is 24.3 Å². The van der Waals surface area contributed by atoms with Gasteiger partial charge in [-0.25, -0.2) is 8.42 Å². The fraction of sp³-hybridized carbons (Fsp3) is 0.222. The molecule has 0 heterocycles. The molecule has 0 fully saturated rings. The van der Waals surface area contributed by atoms with Crippen LogP contribution in [0.25, 0.3) is 0 Å². The lowest BCUT2D eigenvalue weighted by Crippen LogP contribution is -2.20. The summed E-state index contributed by atoms with van der Waals surface area (Å²) in [6, 6.07) is 6.08. The molecule has 5 N–H and O–H groups in total. The number of sulfonamides is 1. The molecule has 1 unspecified atom stereocenters. The van der Waals surface area contributed by atoms with Gasteiger partial charge in [0.15, 0.2) is 0 Å². The van der Waals surface area contributed by atoms with Crippen LogP contribution >= 0.6 is 0 Å². The minimum absolute atomic E-state index is 0.320. The van der Waals surface area contributed by atoms with E-state index in [4.69, 9.17) is 11.1 Å². The molecule has 88 valence electrons. The molecule has 0 aromatic heterocycles. The normalized spacial score (nSPS) is 13.1. The van der Waals surface area contributed by atoms with Crippen LogP contribution in [-0.4, -0.2) is 25.6 Å². The van der Waals surface area contributed by atoms with Crippen molar-refractivity contribution < 1.29 is 13.5 Å². The lowest BCUT2D eigenvalue weighted by molar-refractivity contribution is 0.245. The van der Waals surface area contributed by atoms with Gasteiger partial charge in [0.1, 0.15) is 11.9 Å². The number of hydrogen-bond acceptors (Lipinski definition) is 4. The van der Waals surface area contributed by atoms with Gasteiger partial charge in [-0.2, -0.15) is 0 Å². The smallest absolute Gasteiger partial charge is 0.229 e. The molecule has 0 saturated carbocycles. The van der Waals surface area contributed by atoms with Crippen molar-refractivity contribution in [1.82, 2.24) is 0 Å². The Kier molecular flexibility index (Phi) is 3.51. The van der Waals surface area contributed by atoms with Gasteiger partial charge in [0.25, 0.3) is 0 Å². The summed E-state index contributed by atoms with van der Waals surface area (Å²) >= 11 is 0. The summed E-state index contributed by atoms with van der Waals surface area (Å²) in [4.78, 5) is 0. The first-order chi connectivity index (χ1) is 7.29. The largest absolute Gasteiger partial charge is 0.385 e. The lowest BCUT2D eigenvalue weighted by Gasteiger charge is -2.11. The summed E-state index contributed by atoms with van der Waals surface area (Å²) in [6.45, 7) is 0. The highest BCUT2D eigenvalue weighted by Crippen LogP contribution is 2.17. The summed E-state index contributed by atoms with van der Waals surface area (Å²) in [6.07, 6.45) is -0.192. The molecule has 1 aromatic rings. The number of aliphatic hydroxyl groups is 1. The van der Waals surface area contributed by atoms with Crippen molar-refractivity contribution in [3.05, 3.63) is 29.8 Å². The average molecular weight is 243 g/mol. The Morgan fingerprint density at radius 3 is 2.69 bits per heavy atom. The Labute approximate surface area is 93.7 Å². The third-order valence-corrected chi connectivity index (χ3v) is 2.41. The molecule has 1 atom stereocenters. The minimum atomic E-state index is -3.36. The van der Waals surface area contributed by atoms with Crippen LogP contribution in [0.3, 0.4) is 0 Å². The zero-order chi connectivity index (χ0) is 12.3. The molecule has 0 spiro atoms. The fourth-order valence-corrected chi connectivity index (χ4v) is 1.72. The third kappa shape index (κ3) is 3.52. The molecular formula is C9H13N3O3S. The van der Waals surface area contributed by atoms with Crippen LogP contribution in [0, 0.1) is 5.41 Å². The molecule has 6 nitrogen and oxygen atoms in total. The Bertz CT molecular complexity index is 498. The van der Waals surface area contributed by atoms with Gasteiger partial charge in [-0.15, -0.1) is 0 Å². The fourth-order valence-electron chi connectivity index (χ4n) is 1.17. The van der Waals surface area contributed by atoms with Gasteiger partial charge in [0.2, 0.25) is 10.0 Å². The number of nitrogens with two attached hydrogens (primary N) is 1. The van der Waals surface area contributed by atoms with Crippen molar-refractivity contribution in [1.29, 1.82) is 5.41 Å². The maximum atomic E-state index is 11.0. The van der Waals surface area contributed by atoms with Crippen molar-refractivity contribution >= 4 is 21.5 Å². The second-order valence-electron chi connectivity index (χ2n) is 3.36. The maximum absolute atomic E-state index is 11.0. The van der Waals surface area contributed by atoms with Crippen LogP contribution in [0.5, 0.6) is 0 Å². The van der Waals surface area contributed by atoms with Crippen molar-refractivity contribution in [3.8, 4) is 0 Å². The SMILES string of the molecule is CS(=O)(=O)Nc1cccc(C(O)C(=N)N)c1. The van der Waals surface area contributed by atoms with E-state index in [-0.39, 0.29) is 0 Å². The molecule has 0 radical (unpaired) electrons. The molecule has 0 aliphatic heterocycles. The van der Waals surface area contributed by atoms with Gasteiger partial charge in [-0.05, 0) is 17.7 Å². The van der Waals surface area contributed by atoms with Crippen LogP contribution in [-0.2, 0) is 10.0 Å². The standard InChI is InChI=1S/C9H13N3O3S/c1-16(14,15)12-7-4-2-3-6(5-7)8(13)9(10)11/h2-5,8,12-13H,1H3,(H3,10,11). The number of anilines is 1. The van der Waals surface area contributed by atoms with E-state index in [1.807, 2.05) is 0 Å². The van der Waals surface area contributed by atoms with Crippen molar-refractivity contribution in [3.63, 3.8) is 0 Å². The summed E-state index contributed by atoms with van der Waals surface area (Å²) in [5, 5.41) is 16.6. The van der Waals surface area contributed by atoms with Gasteiger partial charge < -0.3 is 10.8 Å². The molecule has 0 aliphatic rings. The van der Waals surface area contributed by atoms with Crippen molar-refractivity contribution in [2.45, 2.75) is 6.10 Å². The molecule has 0 saturated heterocycles. The first-order valence-electron chi connectivity index (χ1n) is 4.39. The zero-order valence-corrected chi connectivity index (χ0v) is 9.45. The number of amidine groups is 1. The Hall–Kier alpha value is -1.60. The van der Waals surface area contributed by atoms with Crippen LogP contribution in [0.4, 0.5) is 5.69 Å². The maximum Gasteiger partial charge on any atom is 0.229 e. The van der Waals surface area contributed by atoms with E-state index in [2.05, 4.69) is 4.72 Å². The van der Waals surface area contributed by atoms with Gasteiger partial charge >= 0.3 is 0 Å². The number of hydrogen-bond donors (Lipinski definition) is 4. The Morgan fingerprint density at radius 2 is 2.19 bits per heavy atom. The highest BCUT2D eigenvalue weighted by atomic mass is 32.2. The summed E-state index contributed by atoms with van der Waals surface area (Å²) in [5.74, 6) is -0.392. The summed E-state index contributed by atoms with van der Waals surface area (Å²) in [7, 11) is -3.36. The highest BCUT2D eigenvalue weighted by Gasteiger charge is 2.11. The van der Waals surface area contributed by atoms with E-state index in [9.17, 15) is 13.5 Å². The van der Waals surface area contributed by atoms with E-state index in [0.29, 0.717) is 11.3 Å². The predicted molar refractivity (Wildman–Crippen MR) is 61.8 cm³/mol. The molecule has 1 rings (SSSR count). The van der Waals surface area contributed by atoms with E-state index in [0.717, 1.165) is 6.26 Å². The topological polar surface area (TPSA) is 116 Å². The van der Waals surface area contributed by atoms with Gasteiger partial charge in [-0.1, -0.05) is 12.1 Å². The van der Waals surface area contributed by atoms with Crippen LogP contribution in [0.2, 0.25) is 0 Å². The van der Waals surface area contributed by atoms with E-state index >= 15 is 0 Å². The van der Waals surface area contributed by atoms with Crippen molar-refractivity contribution in [2.75, 3.05) is 11.0 Å². The zero-order valence-electron chi connectivity index (χ0n) is 8.64. The number of nitrogens with one attached hydrogen (secondary N) is 2. The second-order valence-corrected chi connectivity index (χ2v) is 5.11. The van der Waals surface area contributed by atoms with Crippen LogP contribution < -0.4 is 10.5 Å². The average Bonchev–Trinajstić information content (AvgIpc) is 2.14. The summed E-state index contributed by atoms with van der Waals surface area (Å²) in [5.41, 5.74) is 5.82. The number of benzene rings is 1. The Morgan fingerprint density at radius 1 is 1.56 bits per heavy atom. The molecular weight excluding hydrogens is 230 g/mol. The predicted octanol–water partition coefficient (Wildman–Crippen LogP) is 0.0275. The van der Waals surface area contributed by atoms with E-state index in [1.165, 1.54) is 12.1 Å². The van der Waals surface area contributed by atoms with E-state index < -0.39 is 22.0 Å². The third-order valence-electron chi connectivity index (χ3n) is 1.80. The van der Waals surface area contributed by atoms with E-state index in [1.54, 1.807) is 12.1 Å². The van der Waals surface area contributed by atoms with Crippen LogP contribution in [0.1, 0.15) is 11.7 Å². The number of aliphatic hydroxyl groups excluding tert-OH is 1. The molecule has 0 amide bonds. The van der Waals surface area contributed by atoms with Crippen molar-refractivity contribution in [2.24, 2.45) is 5.73 Å². The monoisotopic (exact) mass is 243 g/mol. The first kappa shape index (κ1) is 12.5.